The van der Waals surface area contributed by atoms with Crippen LogP contribution in [0.3, 0.4) is 0 Å². The van der Waals surface area contributed by atoms with Crippen molar-refractivity contribution in [2.75, 3.05) is 33.2 Å². The number of halogens is 6. The molecule has 2 aromatic carbocycles. The molecule has 2 heterocycles. The van der Waals surface area contributed by atoms with E-state index in [1.165, 1.54) is 14.0 Å². The van der Waals surface area contributed by atoms with Crippen LogP contribution in [-0.2, 0) is 33.3 Å². The van der Waals surface area contributed by atoms with Gasteiger partial charge >= 0.3 is 12.4 Å². The third-order valence-corrected chi connectivity index (χ3v) is 8.20. The van der Waals surface area contributed by atoms with E-state index in [2.05, 4.69) is 0 Å². The van der Waals surface area contributed by atoms with Gasteiger partial charge in [-0.15, -0.1) is 0 Å². The van der Waals surface area contributed by atoms with E-state index in [1.54, 1.807) is 21.9 Å². The zero-order valence-corrected chi connectivity index (χ0v) is 23.3. The van der Waals surface area contributed by atoms with Crippen LogP contribution in [0.25, 0.3) is 0 Å². The van der Waals surface area contributed by atoms with Gasteiger partial charge in [0.15, 0.2) is 0 Å². The van der Waals surface area contributed by atoms with Gasteiger partial charge in [0.25, 0.3) is 0 Å². The van der Waals surface area contributed by atoms with Gasteiger partial charge in [-0.05, 0) is 48.6 Å². The number of nitrogens with zero attached hydrogens (tertiary/aromatic N) is 3. The SMILES string of the molecule is CC(=O)N1CCC(C(=O)N2CCC(C(=O)N(C)Cc3cc(C(F)(F)F)cc(C(F)(F)F)c3)C(c3ccccc3)C2)CC1. The van der Waals surface area contributed by atoms with Crippen LogP contribution in [0, 0.1) is 11.8 Å². The molecule has 6 nitrogen and oxygen atoms in total. The number of hydrogen-bond acceptors (Lipinski definition) is 3. The van der Waals surface area contributed by atoms with Crippen LogP contribution >= 0.6 is 0 Å². The van der Waals surface area contributed by atoms with Crippen LogP contribution in [0.4, 0.5) is 26.3 Å². The largest absolute Gasteiger partial charge is 0.416 e. The molecule has 0 aliphatic carbocycles. The number of amides is 3. The first-order valence-corrected chi connectivity index (χ1v) is 13.8. The van der Waals surface area contributed by atoms with Gasteiger partial charge in [-0.2, -0.15) is 26.3 Å². The highest BCUT2D eigenvalue weighted by molar-refractivity contribution is 5.82. The first-order chi connectivity index (χ1) is 19.6. The third-order valence-electron chi connectivity index (χ3n) is 8.20. The summed E-state index contributed by atoms with van der Waals surface area (Å²) in [6.07, 6.45) is -8.59. The fraction of sp³-hybridized carbons (Fsp3) is 0.500. The lowest BCUT2D eigenvalue weighted by molar-refractivity contribution is -0.145. The Morgan fingerprint density at radius 3 is 1.90 bits per heavy atom. The molecule has 2 atom stereocenters. The molecule has 0 spiro atoms. The van der Waals surface area contributed by atoms with E-state index in [-0.39, 0.29) is 42.3 Å². The summed E-state index contributed by atoms with van der Waals surface area (Å²) in [4.78, 5) is 43.4. The number of hydrogen-bond donors (Lipinski definition) is 0. The monoisotopic (exact) mass is 597 g/mol. The molecule has 2 aliphatic heterocycles. The average molecular weight is 598 g/mol. The fourth-order valence-electron chi connectivity index (χ4n) is 5.93. The van der Waals surface area contributed by atoms with Crippen LogP contribution in [-0.4, -0.2) is 65.6 Å². The molecule has 2 aliphatic rings. The second-order valence-corrected chi connectivity index (χ2v) is 11.1. The van der Waals surface area contributed by atoms with Crippen molar-refractivity contribution in [1.82, 2.24) is 14.7 Å². The number of carbonyl (C=O) groups excluding carboxylic acids is 3. The Morgan fingerprint density at radius 1 is 0.833 bits per heavy atom. The second kappa shape index (κ2) is 12.3. The molecule has 0 aromatic heterocycles. The predicted molar refractivity (Wildman–Crippen MR) is 142 cm³/mol. The Kier molecular flexibility index (Phi) is 9.22. The van der Waals surface area contributed by atoms with E-state index in [4.69, 9.17) is 0 Å². The lowest BCUT2D eigenvalue weighted by Gasteiger charge is -2.41. The summed E-state index contributed by atoms with van der Waals surface area (Å²) in [6, 6.07) is 10.4. The maximum atomic E-state index is 13.7. The number of piperidine rings is 2. The fourth-order valence-corrected chi connectivity index (χ4v) is 5.93. The van der Waals surface area contributed by atoms with Crippen molar-refractivity contribution >= 4 is 17.7 Å². The van der Waals surface area contributed by atoms with E-state index in [0.717, 1.165) is 10.5 Å². The molecular weight excluding hydrogens is 564 g/mol. The third kappa shape index (κ3) is 7.25. The Morgan fingerprint density at radius 2 is 1.38 bits per heavy atom. The number of carbonyl (C=O) groups is 3. The van der Waals surface area contributed by atoms with E-state index in [1.807, 2.05) is 18.2 Å². The summed E-state index contributed by atoms with van der Waals surface area (Å²) >= 11 is 0. The number of rotatable bonds is 5. The van der Waals surface area contributed by atoms with Gasteiger partial charge in [-0.25, -0.2) is 0 Å². The van der Waals surface area contributed by atoms with Crippen molar-refractivity contribution in [3.63, 3.8) is 0 Å². The van der Waals surface area contributed by atoms with Crippen LogP contribution < -0.4 is 0 Å². The molecule has 228 valence electrons. The van der Waals surface area contributed by atoms with Crippen molar-refractivity contribution < 1.29 is 40.7 Å². The van der Waals surface area contributed by atoms with Gasteiger partial charge in [-0.1, -0.05) is 30.3 Å². The van der Waals surface area contributed by atoms with Gasteiger partial charge in [0, 0.05) is 64.4 Å². The minimum atomic E-state index is -4.99. The minimum Gasteiger partial charge on any atom is -0.343 e. The first kappa shape index (κ1) is 31.4. The van der Waals surface area contributed by atoms with E-state index < -0.39 is 47.8 Å². The molecule has 3 amide bonds. The van der Waals surface area contributed by atoms with Gasteiger partial charge in [0.05, 0.1) is 11.1 Å². The molecule has 0 N–H and O–H groups in total. The van der Waals surface area contributed by atoms with Crippen molar-refractivity contribution in [1.29, 1.82) is 0 Å². The molecule has 0 bridgehead atoms. The van der Waals surface area contributed by atoms with Gasteiger partial charge < -0.3 is 14.7 Å². The molecule has 4 rings (SSSR count). The zero-order chi connectivity index (χ0) is 30.8. The maximum Gasteiger partial charge on any atom is 0.416 e. The van der Waals surface area contributed by atoms with Gasteiger partial charge in [0.2, 0.25) is 17.7 Å². The van der Waals surface area contributed by atoms with Crippen molar-refractivity contribution in [2.45, 2.75) is 51.0 Å². The smallest absolute Gasteiger partial charge is 0.343 e. The highest BCUT2D eigenvalue weighted by Gasteiger charge is 2.41. The Balaban J connectivity index is 1.52. The highest BCUT2D eigenvalue weighted by atomic mass is 19.4. The normalized spacial score (nSPS) is 20.4. The Bertz CT molecular complexity index is 1260. The van der Waals surface area contributed by atoms with Crippen LogP contribution in [0.5, 0.6) is 0 Å². The number of benzene rings is 2. The standard InChI is InChI=1S/C30H33F6N3O3/c1-19(40)38-11-8-22(9-12-38)27(41)39-13-10-25(26(18-39)21-6-4-3-5-7-21)28(42)37(2)17-20-14-23(29(31,32)33)16-24(15-20)30(34,35)36/h3-7,14-16,22,25-26H,8-13,17-18H2,1-2H3. The summed E-state index contributed by atoms with van der Waals surface area (Å²) in [5.41, 5.74) is -2.34. The van der Waals surface area contributed by atoms with E-state index in [0.29, 0.717) is 44.6 Å². The van der Waals surface area contributed by atoms with Crippen LogP contribution in [0.15, 0.2) is 48.5 Å². The van der Waals surface area contributed by atoms with Gasteiger partial charge in [-0.3, -0.25) is 14.4 Å². The lowest BCUT2D eigenvalue weighted by atomic mass is 9.79. The van der Waals surface area contributed by atoms with Crippen LogP contribution in [0.2, 0.25) is 0 Å². The van der Waals surface area contributed by atoms with Crippen molar-refractivity contribution in [2.24, 2.45) is 11.8 Å². The summed E-state index contributed by atoms with van der Waals surface area (Å²) in [6.45, 7) is 2.59. The summed E-state index contributed by atoms with van der Waals surface area (Å²) < 4.78 is 80.1. The predicted octanol–water partition coefficient (Wildman–Crippen LogP) is 5.57. The summed E-state index contributed by atoms with van der Waals surface area (Å²) in [5, 5.41) is 0. The highest BCUT2D eigenvalue weighted by Crippen LogP contribution is 2.38. The molecule has 0 saturated carbocycles. The van der Waals surface area contributed by atoms with Crippen molar-refractivity contribution in [3.8, 4) is 0 Å². The molecular formula is C30H33F6N3O3. The molecule has 2 unspecified atom stereocenters. The zero-order valence-electron chi connectivity index (χ0n) is 23.3. The molecule has 2 aromatic rings. The minimum absolute atomic E-state index is 0.0340. The van der Waals surface area contributed by atoms with Crippen molar-refractivity contribution in [3.05, 3.63) is 70.8 Å². The molecule has 0 radical (unpaired) electrons. The second-order valence-electron chi connectivity index (χ2n) is 11.1. The van der Waals surface area contributed by atoms with E-state index in [9.17, 15) is 40.7 Å². The average Bonchev–Trinajstić information content (AvgIpc) is 2.95. The van der Waals surface area contributed by atoms with E-state index >= 15 is 0 Å². The Labute approximate surface area is 240 Å². The quantitative estimate of drug-likeness (QED) is 0.424. The van der Waals surface area contributed by atoms with Gasteiger partial charge in [0.1, 0.15) is 0 Å². The molecule has 12 heteroatoms. The molecule has 2 saturated heterocycles. The molecule has 2 fully saturated rings. The van der Waals surface area contributed by atoms with Crippen LogP contribution in [0.1, 0.15) is 54.4 Å². The topological polar surface area (TPSA) is 60.9 Å². The molecule has 42 heavy (non-hydrogen) atoms. The lowest BCUT2D eigenvalue weighted by Crippen LogP contribution is -2.50. The first-order valence-electron chi connectivity index (χ1n) is 13.8. The number of alkyl halides is 6. The number of likely N-dealkylation sites (tertiary alicyclic amines) is 2. The Hall–Kier alpha value is -3.57. The summed E-state index contributed by atoms with van der Waals surface area (Å²) in [7, 11) is 1.36. The summed E-state index contributed by atoms with van der Waals surface area (Å²) in [5.74, 6) is -1.78. The maximum absolute atomic E-state index is 13.7.